The van der Waals surface area contributed by atoms with Crippen LogP contribution in [-0.2, 0) is 4.79 Å². The summed E-state index contributed by atoms with van der Waals surface area (Å²) in [5.41, 5.74) is 5.58. The first-order valence-electron chi connectivity index (χ1n) is 5.40. The summed E-state index contributed by atoms with van der Waals surface area (Å²) in [6.07, 6.45) is 0. The van der Waals surface area contributed by atoms with E-state index in [9.17, 15) is 4.79 Å². The average Bonchev–Trinajstić information content (AvgIpc) is 2.11. The minimum Gasteiger partial charge on any atom is -0.352 e. The molecule has 0 aliphatic carbocycles. The first-order valence-corrected chi connectivity index (χ1v) is 5.40. The van der Waals surface area contributed by atoms with Gasteiger partial charge in [0, 0.05) is 18.5 Å². The molecule has 0 heterocycles. The second-order valence-corrected chi connectivity index (χ2v) is 4.63. The Bertz CT molecular complexity index is 178. The van der Waals surface area contributed by atoms with Crippen LogP contribution in [0, 0.1) is 17.8 Å². The Morgan fingerprint density at radius 3 is 1.93 bits per heavy atom. The van der Waals surface area contributed by atoms with Gasteiger partial charge in [-0.1, -0.05) is 34.6 Å². The summed E-state index contributed by atoms with van der Waals surface area (Å²) in [6.45, 7) is 10.7. The molecule has 0 aromatic carbocycles. The largest absolute Gasteiger partial charge is 0.352 e. The molecule has 0 radical (unpaired) electrons. The molecule has 0 aliphatic rings. The molecule has 0 saturated carbocycles. The van der Waals surface area contributed by atoms with E-state index in [4.69, 9.17) is 5.73 Å². The first-order chi connectivity index (χ1) is 6.40. The van der Waals surface area contributed by atoms with E-state index >= 15 is 0 Å². The van der Waals surface area contributed by atoms with Crippen molar-refractivity contribution in [2.75, 3.05) is 6.54 Å². The van der Waals surface area contributed by atoms with E-state index < -0.39 is 0 Å². The molecule has 0 saturated heterocycles. The molecule has 0 aliphatic heterocycles. The molecule has 0 aromatic rings. The van der Waals surface area contributed by atoms with Gasteiger partial charge in [-0.15, -0.1) is 0 Å². The number of nitrogens with one attached hydrogen (secondary N) is 1. The molecule has 3 heteroatoms. The summed E-state index contributed by atoms with van der Waals surface area (Å²) in [6, 6.07) is 0.101. The van der Waals surface area contributed by atoms with Gasteiger partial charge >= 0.3 is 0 Å². The molecule has 3 nitrogen and oxygen atoms in total. The molecular formula is C11H24N2O. The third-order valence-electron chi connectivity index (χ3n) is 2.80. The molecule has 0 spiro atoms. The molecule has 0 bridgehead atoms. The maximum absolute atomic E-state index is 11.7. The van der Waals surface area contributed by atoms with Gasteiger partial charge < -0.3 is 11.1 Å². The molecule has 0 aromatic heterocycles. The standard InChI is InChI=1S/C11H24N2O/c1-7(2)9(5)11(14)13-10(6-12)8(3)4/h7-10H,6,12H2,1-5H3,(H,13,14). The highest BCUT2D eigenvalue weighted by Crippen LogP contribution is 2.10. The van der Waals surface area contributed by atoms with Crippen molar-refractivity contribution in [3.8, 4) is 0 Å². The second kappa shape index (κ2) is 6.02. The van der Waals surface area contributed by atoms with E-state index in [-0.39, 0.29) is 17.9 Å². The molecule has 3 N–H and O–H groups in total. The highest BCUT2D eigenvalue weighted by Gasteiger charge is 2.20. The fourth-order valence-corrected chi connectivity index (χ4v) is 1.11. The average molecular weight is 200 g/mol. The molecule has 84 valence electrons. The van der Waals surface area contributed by atoms with Gasteiger partial charge in [0.1, 0.15) is 0 Å². The molecule has 0 rings (SSSR count). The van der Waals surface area contributed by atoms with Crippen LogP contribution in [0.4, 0.5) is 0 Å². The number of amides is 1. The molecular weight excluding hydrogens is 176 g/mol. The summed E-state index contributed by atoms with van der Waals surface area (Å²) < 4.78 is 0. The van der Waals surface area contributed by atoms with Crippen LogP contribution < -0.4 is 11.1 Å². The lowest BCUT2D eigenvalue weighted by Gasteiger charge is -2.24. The van der Waals surface area contributed by atoms with E-state index in [0.717, 1.165) is 0 Å². The highest BCUT2D eigenvalue weighted by atomic mass is 16.1. The lowest BCUT2D eigenvalue weighted by atomic mass is 9.96. The van der Waals surface area contributed by atoms with Crippen LogP contribution in [0.1, 0.15) is 34.6 Å². The number of nitrogens with two attached hydrogens (primary N) is 1. The van der Waals surface area contributed by atoms with E-state index in [1.807, 2.05) is 6.92 Å². The van der Waals surface area contributed by atoms with Crippen LogP contribution in [0.5, 0.6) is 0 Å². The van der Waals surface area contributed by atoms with Crippen LogP contribution in [0.3, 0.4) is 0 Å². The van der Waals surface area contributed by atoms with Crippen LogP contribution >= 0.6 is 0 Å². The van der Waals surface area contributed by atoms with Crippen LogP contribution in [0.15, 0.2) is 0 Å². The summed E-state index contributed by atoms with van der Waals surface area (Å²) in [5, 5.41) is 2.98. The van der Waals surface area contributed by atoms with Crippen LogP contribution in [0.25, 0.3) is 0 Å². The number of rotatable bonds is 5. The molecule has 0 fully saturated rings. The summed E-state index contributed by atoms with van der Waals surface area (Å²) in [4.78, 5) is 11.7. The Morgan fingerprint density at radius 2 is 1.64 bits per heavy atom. The van der Waals surface area contributed by atoms with Crippen LogP contribution in [0.2, 0.25) is 0 Å². The Morgan fingerprint density at radius 1 is 1.14 bits per heavy atom. The maximum atomic E-state index is 11.7. The number of hydrogen-bond acceptors (Lipinski definition) is 2. The van der Waals surface area contributed by atoms with E-state index in [1.165, 1.54) is 0 Å². The van der Waals surface area contributed by atoms with Gasteiger partial charge in [0.2, 0.25) is 5.91 Å². The molecule has 14 heavy (non-hydrogen) atoms. The maximum Gasteiger partial charge on any atom is 0.223 e. The zero-order valence-corrected chi connectivity index (χ0v) is 10.0. The van der Waals surface area contributed by atoms with Crippen molar-refractivity contribution in [1.82, 2.24) is 5.32 Å². The topological polar surface area (TPSA) is 55.1 Å². The normalized spacial score (nSPS) is 15.7. The van der Waals surface area contributed by atoms with E-state index in [2.05, 4.69) is 33.0 Å². The molecule has 2 unspecified atom stereocenters. The predicted octanol–water partition coefficient (Wildman–Crippen LogP) is 1.38. The third kappa shape index (κ3) is 4.09. The van der Waals surface area contributed by atoms with Gasteiger partial charge in [-0.2, -0.15) is 0 Å². The van der Waals surface area contributed by atoms with Gasteiger partial charge in [-0.05, 0) is 11.8 Å². The smallest absolute Gasteiger partial charge is 0.223 e. The van der Waals surface area contributed by atoms with Gasteiger partial charge in [-0.3, -0.25) is 4.79 Å². The Kier molecular flexibility index (Phi) is 5.77. The van der Waals surface area contributed by atoms with Crippen molar-refractivity contribution in [3.63, 3.8) is 0 Å². The Hall–Kier alpha value is -0.570. The molecule has 1 amide bonds. The molecule has 2 atom stereocenters. The van der Waals surface area contributed by atoms with Crippen molar-refractivity contribution >= 4 is 5.91 Å². The van der Waals surface area contributed by atoms with Crippen LogP contribution in [-0.4, -0.2) is 18.5 Å². The SMILES string of the molecule is CC(C)C(CN)NC(=O)C(C)C(C)C. The zero-order chi connectivity index (χ0) is 11.3. The Labute approximate surface area is 87.4 Å². The summed E-state index contributed by atoms with van der Waals surface area (Å²) in [5.74, 6) is 0.941. The zero-order valence-electron chi connectivity index (χ0n) is 10.0. The van der Waals surface area contributed by atoms with Crippen molar-refractivity contribution in [1.29, 1.82) is 0 Å². The summed E-state index contributed by atoms with van der Waals surface area (Å²) >= 11 is 0. The van der Waals surface area contributed by atoms with Crippen molar-refractivity contribution in [2.24, 2.45) is 23.5 Å². The van der Waals surface area contributed by atoms with E-state index in [1.54, 1.807) is 0 Å². The quantitative estimate of drug-likeness (QED) is 0.704. The minimum atomic E-state index is 0.0581. The van der Waals surface area contributed by atoms with Crippen molar-refractivity contribution < 1.29 is 4.79 Å². The Balaban J connectivity index is 4.15. The third-order valence-corrected chi connectivity index (χ3v) is 2.80. The fraction of sp³-hybridized carbons (Fsp3) is 0.909. The number of carbonyl (C=O) groups is 1. The fourth-order valence-electron chi connectivity index (χ4n) is 1.11. The second-order valence-electron chi connectivity index (χ2n) is 4.63. The monoisotopic (exact) mass is 200 g/mol. The van der Waals surface area contributed by atoms with Gasteiger partial charge in [-0.25, -0.2) is 0 Å². The van der Waals surface area contributed by atoms with Gasteiger partial charge in [0.05, 0.1) is 0 Å². The number of hydrogen-bond donors (Lipinski definition) is 2. The lowest BCUT2D eigenvalue weighted by molar-refractivity contribution is -0.126. The number of carbonyl (C=O) groups excluding carboxylic acids is 1. The summed E-state index contributed by atoms with van der Waals surface area (Å²) in [7, 11) is 0. The van der Waals surface area contributed by atoms with Crippen molar-refractivity contribution in [3.05, 3.63) is 0 Å². The predicted molar refractivity (Wildman–Crippen MR) is 59.8 cm³/mol. The van der Waals surface area contributed by atoms with Crippen molar-refractivity contribution in [2.45, 2.75) is 40.7 Å². The van der Waals surface area contributed by atoms with E-state index in [0.29, 0.717) is 18.4 Å². The lowest BCUT2D eigenvalue weighted by Crippen LogP contribution is -2.46. The minimum absolute atomic E-state index is 0.0581. The van der Waals surface area contributed by atoms with Gasteiger partial charge in [0.15, 0.2) is 0 Å². The highest BCUT2D eigenvalue weighted by molar-refractivity contribution is 5.78. The van der Waals surface area contributed by atoms with Gasteiger partial charge in [0.25, 0.3) is 0 Å². The first kappa shape index (κ1) is 13.4.